The lowest BCUT2D eigenvalue weighted by molar-refractivity contribution is -0.126. The first kappa shape index (κ1) is 21.5. The molecule has 1 amide bonds. The number of rotatable bonds is 6. The van der Waals surface area contributed by atoms with Gasteiger partial charge in [-0.1, -0.05) is 30.8 Å². The zero-order chi connectivity index (χ0) is 21.6. The van der Waals surface area contributed by atoms with Crippen molar-refractivity contribution < 1.29 is 18.8 Å². The van der Waals surface area contributed by atoms with Crippen LogP contribution < -0.4 is 19.7 Å². The summed E-state index contributed by atoms with van der Waals surface area (Å²) in [5.74, 6) is 2.05. The number of methoxy groups -OCH3 is 2. The van der Waals surface area contributed by atoms with E-state index in [2.05, 4.69) is 20.4 Å². The molecule has 2 fully saturated rings. The van der Waals surface area contributed by atoms with Crippen LogP contribution in [0.1, 0.15) is 51.4 Å². The number of hydrogen-bond donors (Lipinski definition) is 1. The van der Waals surface area contributed by atoms with Crippen molar-refractivity contribution in [3.05, 3.63) is 18.2 Å². The maximum atomic E-state index is 12.7. The predicted octanol–water partition coefficient (Wildman–Crippen LogP) is 3.81. The largest absolute Gasteiger partial charge is 0.493 e. The molecule has 0 spiro atoms. The van der Waals surface area contributed by atoms with Gasteiger partial charge in [0.15, 0.2) is 11.5 Å². The summed E-state index contributed by atoms with van der Waals surface area (Å²) in [5, 5.41) is 7.43. The van der Waals surface area contributed by atoms with Crippen molar-refractivity contribution in [1.29, 1.82) is 0 Å². The van der Waals surface area contributed by atoms with E-state index in [0.29, 0.717) is 29.4 Å². The van der Waals surface area contributed by atoms with Crippen LogP contribution in [0.15, 0.2) is 22.7 Å². The smallest absolute Gasteiger partial charge is 0.324 e. The molecule has 0 atom stereocenters. The van der Waals surface area contributed by atoms with Gasteiger partial charge in [-0.3, -0.25) is 4.79 Å². The van der Waals surface area contributed by atoms with E-state index in [1.807, 2.05) is 18.2 Å². The lowest BCUT2D eigenvalue weighted by Gasteiger charge is -2.30. The molecule has 0 radical (unpaired) electrons. The third-order valence-electron chi connectivity index (χ3n) is 6.39. The number of benzene rings is 1. The van der Waals surface area contributed by atoms with Crippen molar-refractivity contribution in [1.82, 2.24) is 15.5 Å². The molecule has 8 nitrogen and oxygen atoms in total. The minimum atomic E-state index is 0.0627. The molecule has 1 aromatic heterocycles. The van der Waals surface area contributed by atoms with E-state index in [4.69, 9.17) is 14.0 Å². The van der Waals surface area contributed by atoms with Gasteiger partial charge in [0.25, 0.3) is 0 Å². The normalized spacial score (nSPS) is 18.5. The van der Waals surface area contributed by atoms with Crippen LogP contribution in [0.5, 0.6) is 11.5 Å². The summed E-state index contributed by atoms with van der Waals surface area (Å²) in [6.45, 7) is 1.46. The molecule has 1 saturated heterocycles. The molecule has 168 valence electrons. The zero-order valence-electron chi connectivity index (χ0n) is 18.4. The van der Waals surface area contributed by atoms with E-state index in [1.54, 1.807) is 14.2 Å². The molecule has 1 aliphatic carbocycles. The quantitative estimate of drug-likeness (QED) is 0.700. The van der Waals surface area contributed by atoms with Gasteiger partial charge in [-0.05, 0) is 43.9 Å². The van der Waals surface area contributed by atoms with Crippen molar-refractivity contribution in [3.8, 4) is 22.9 Å². The Labute approximate surface area is 183 Å². The van der Waals surface area contributed by atoms with E-state index in [-0.39, 0.29) is 11.8 Å². The molecule has 8 heteroatoms. The highest BCUT2D eigenvalue weighted by Gasteiger charge is 2.29. The predicted molar refractivity (Wildman–Crippen MR) is 117 cm³/mol. The molecule has 2 aromatic rings. The summed E-state index contributed by atoms with van der Waals surface area (Å²) in [6.07, 6.45) is 8.86. The number of nitrogens with zero attached hydrogens (tertiary/aromatic N) is 3. The fraction of sp³-hybridized carbons (Fsp3) is 0.609. The van der Waals surface area contributed by atoms with Crippen LogP contribution in [0.25, 0.3) is 11.4 Å². The standard InChI is InChI=1S/C23H32N4O4/c1-29-19-10-9-17(15-20(19)30-2)21-25-23(31-26-21)27-13-11-16(12-14-27)22(28)24-18-7-5-3-4-6-8-18/h9-10,15-16,18H,3-8,11-14H2,1-2H3,(H,24,28). The lowest BCUT2D eigenvalue weighted by Crippen LogP contribution is -2.43. The van der Waals surface area contributed by atoms with Gasteiger partial charge in [0.2, 0.25) is 11.7 Å². The van der Waals surface area contributed by atoms with Crippen molar-refractivity contribution in [2.75, 3.05) is 32.2 Å². The van der Waals surface area contributed by atoms with E-state index in [0.717, 1.165) is 44.3 Å². The zero-order valence-corrected chi connectivity index (χ0v) is 18.4. The van der Waals surface area contributed by atoms with Gasteiger partial charge in [-0.15, -0.1) is 0 Å². The van der Waals surface area contributed by atoms with Gasteiger partial charge in [-0.2, -0.15) is 4.98 Å². The van der Waals surface area contributed by atoms with E-state index < -0.39 is 0 Å². The molecular weight excluding hydrogens is 396 g/mol. The lowest BCUT2D eigenvalue weighted by atomic mass is 9.95. The second-order valence-corrected chi connectivity index (χ2v) is 8.43. The van der Waals surface area contributed by atoms with Crippen molar-refractivity contribution in [2.24, 2.45) is 5.92 Å². The van der Waals surface area contributed by atoms with E-state index in [1.165, 1.54) is 25.7 Å². The molecule has 1 aliphatic heterocycles. The summed E-state index contributed by atoms with van der Waals surface area (Å²) in [6, 6.07) is 6.38. The molecule has 1 aromatic carbocycles. The summed E-state index contributed by atoms with van der Waals surface area (Å²) >= 11 is 0. The summed E-state index contributed by atoms with van der Waals surface area (Å²) in [4.78, 5) is 19.3. The maximum Gasteiger partial charge on any atom is 0.324 e. The van der Waals surface area contributed by atoms with Gasteiger partial charge in [-0.25, -0.2) is 0 Å². The number of amides is 1. The van der Waals surface area contributed by atoms with Crippen LogP contribution >= 0.6 is 0 Å². The molecule has 2 heterocycles. The van der Waals surface area contributed by atoms with Crippen LogP contribution in [-0.4, -0.2) is 49.4 Å². The maximum absolute atomic E-state index is 12.7. The topological polar surface area (TPSA) is 89.7 Å². The first-order valence-electron chi connectivity index (χ1n) is 11.3. The van der Waals surface area contributed by atoms with Crippen LogP contribution in [0.4, 0.5) is 6.01 Å². The number of anilines is 1. The third kappa shape index (κ3) is 5.11. The summed E-state index contributed by atoms with van der Waals surface area (Å²) < 4.78 is 16.2. The summed E-state index contributed by atoms with van der Waals surface area (Å²) in [5.41, 5.74) is 0.797. The van der Waals surface area contributed by atoms with Crippen LogP contribution in [-0.2, 0) is 4.79 Å². The Kier molecular flexibility index (Phi) is 6.94. The molecule has 2 aliphatic rings. The highest BCUT2D eigenvalue weighted by molar-refractivity contribution is 5.79. The first-order valence-corrected chi connectivity index (χ1v) is 11.3. The van der Waals surface area contributed by atoms with Gasteiger partial charge in [0.1, 0.15) is 0 Å². The molecular formula is C23H32N4O4. The highest BCUT2D eigenvalue weighted by Crippen LogP contribution is 2.32. The summed E-state index contributed by atoms with van der Waals surface area (Å²) in [7, 11) is 3.20. The van der Waals surface area contributed by atoms with Gasteiger partial charge >= 0.3 is 6.01 Å². The van der Waals surface area contributed by atoms with E-state index in [9.17, 15) is 4.79 Å². The average Bonchev–Trinajstić information content (AvgIpc) is 3.17. The molecule has 4 rings (SSSR count). The second-order valence-electron chi connectivity index (χ2n) is 8.43. The van der Waals surface area contributed by atoms with Crippen molar-refractivity contribution in [2.45, 2.75) is 57.4 Å². The number of carbonyl (C=O) groups excluding carboxylic acids is 1. The Morgan fingerprint density at radius 1 is 1.03 bits per heavy atom. The molecule has 31 heavy (non-hydrogen) atoms. The minimum absolute atomic E-state index is 0.0627. The Hall–Kier alpha value is -2.77. The molecule has 0 unspecified atom stereocenters. The fourth-order valence-corrected chi connectivity index (χ4v) is 4.51. The number of piperidine rings is 1. The highest BCUT2D eigenvalue weighted by atomic mass is 16.5. The Morgan fingerprint density at radius 3 is 2.42 bits per heavy atom. The first-order chi connectivity index (χ1) is 15.2. The monoisotopic (exact) mass is 428 g/mol. The molecule has 1 N–H and O–H groups in total. The van der Waals surface area contributed by atoms with Gasteiger partial charge in [0.05, 0.1) is 14.2 Å². The number of carbonyl (C=O) groups is 1. The van der Waals surface area contributed by atoms with Crippen molar-refractivity contribution in [3.63, 3.8) is 0 Å². The minimum Gasteiger partial charge on any atom is -0.493 e. The van der Waals surface area contributed by atoms with Crippen LogP contribution in [0, 0.1) is 5.92 Å². The van der Waals surface area contributed by atoms with Crippen LogP contribution in [0.3, 0.4) is 0 Å². The average molecular weight is 429 g/mol. The van der Waals surface area contributed by atoms with Gasteiger partial charge < -0.3 is 24.2 Å². The Morgan fingerprint density at radius 2 is 1.74 bits per heavy atom. The fourth-order valence-electron chi connectivity index (χ4n) is 4.51. The Balaban J connectivity index is 1.33. The SMILES string of the molecule is COc1ccc(-c2noc(N3CCC(C(=O)NC4CCCCCC4)CC3)n2)cc1OC. The second kappa shape index (κ2) is 10.0. The van der Waals surface area contributed by atoms with Crippen molar-refractivity contribution >= 4 is 11.9 Å². The Bertz CT molecular complexity index is 868. The van der Waals surface area contributed by atoms with Gasteiger partial charge in [0, 0.05) is 30.6 Å². The van der Waals surface area contributed by atoms with E-state index >= 15 is 0 Å². The third-order valence-corrected chi connectivity index (χ3v) is 6.39. The number of hydrogen-bond acceptors (Lipinski definition) is 7. The molecule has 0 bridgehead atoms. The number of nitrogens with one attached hydrogen (secondary N) is 1. The number of aromatic nitrogens is 2. The molecule has 1 saturated carbocycles. The number of ether oxygens (including phenoxy) is 2. The van der Waals surface area contributed by atoms with Crippen LogP contribution in [0.2, 0.25) is 0 Å².